The third kappa shape index (κ3) is 3.01. The third-order valence-electron chi connectivity index (χ3n) is 5.08. The molecule has 1 aliphatic rings. The topological polar surface area (TPSA) is 171 Å². The molecule has 0 amide bonds. The number of benzene rings is 3. The van der Waals surface area contributed by atoms with Gasteiger partial charge in [0.05, 0.1) is 5.92 Å². The van der Waals surface area contributed by atoms with Gasteiger partial charge in [-0.1, -0.05) is 6.07 Å². The SMILES string of the molecule is Oc1cc(O)c(C2c3c(O)cc(O)cc3O[C@H](c3ccc(O)c(O)c3)[C@H]2O)c(O)c1. The molecule has 30 heavy (non-hydrogen) atoms. The lowest BCUT2D eigenvalue weighted by molar-refractivity contribution is 0.00644. The second-order valence-electron chi connectivity index (χ2n) is 7.03. The summed E-state index contributed by atoms with van der Waals surface area (Å²) in [7, 11) is 0. The Hall–Kier alpha value is -3.98. The molecule has 1 heterocycles. The van der Waals surface area contributed by atoms with E-state index in [0.717, 1.165) is 18.2 Å². The van der Waals surface area contributed by atoms with E-state index in [-0.39, 0.29) is 33.9 Å². The summed E-state index contributed by atoms with van der Waals surface area (Å²) in [6, 6.07) is 7.90. The number of ether oxygens (including phenoxy) is 1. The van der Waals surface area contributed by atoms with Gasteiger partial charge in [0.25, 0.3) is 0 Å². The van der Waals surface area contributed by atoms with Gasteiger partial charge < -0.3 is 45.6 Å². The number of rotatable bonds is 2. The van der Waals surface area contributed by atoms with E-state index in [4.69, 9.17) is 4.74 Å². The van der Waals surface area contributed by atoms with Crippen LogP contribution in [0.3, 0.4) is 0 Å². The molecule has 9 nitrogen and oxygen atoms in total. The predicted octanol–water partition coefficient (Wildman–Crippen LogP) is 2.25. The van der Waals surface area contributed by atoms with Crippen molar-refractivity contribution in [1.29, 1.82) is 0 Å². The van der Waals surface area contributed by atoms with E-state index < -0.39 is 46.9 Å². The number of aromatic hydroxyl groups is 7. The molecule has 0 saturated carbocycles. The Morgan fingerprint density at radius 1 is 0.600 bits per heavy atom. The van der Waals surface area contributed by atoms with Crippen molar-refractivity contribution in [1.82, 2.24) is 0 Å². The molecular weight excluding hydrogens is 396 g/mol. The molecule has 0 aliphatic carbocycles. The molecule has 156 valence electrons. The van der Waals surface area contributed by atoms with E-state index in [1.807, 2.05) is 0 Å². The van der Waals surface area contributed by atoms with Crippen LogP contribution < -0.4 is 4.74 Å². The summed E-state index contributed by atoms with van der Waals surface area (Å²) in [5.41, 5.74) is 0.0590. The van der Waals surface area contributed by atoms with Crippen molar-refractivity contribution in [3.8, 4) is 46.0 Å². The number of aliphatic hydroxyl groups is 1. The lowest BCUT2D eigenvalue weighted by Gasteiger charge is -2.38. The Bertz CT molecular complexity index is 1120. The van der Waals surface area contributed by atoms with Crippen molar-refractivity contribution in [2.45, 2.75) is 18.1 Å². The highest BCUT2D eigenvalue weighted by Gasteiger charge is 2.43. The van der Waals surface area contributed by atoms with Crippen LogP contribution in [0.25, 0.3) is 0 Å². The number of phenolic OH excluding ortho intramolecular Hbond substituents is 7. The largest absolute Gasteiger partial charge is 0.508 e. The lowest BCUT2D eigenvalue weighted by Crippen LogP contribution is -2.35. The first-order chi connectivity index (χ1) is 14.2. The highest BCUT2D eigenvalue weighted by molar-refractivity contribution is 5.62. The molecule has 0 bridgehead atoms. The summed E-state index contributed by atoms with van der Waals surface area (Å²) in [6.45, 7) is 0. The highest BCUT2D eigenvalue weighted by atomic mass is 16.5. The van der Waals surface area contributed by atoms with Crippen LogP contribution in [0.1, 0.15) is 28.7 Å². The third-order valence-corrected chi connectivity index (χ3v) is 5.08. The molecule has 3 aromatic rings. The average Bonchev–Trinajstić information content (AvgIpc) is 2.64. The first-order valence-corrected chi connectivity index (χ1v) is 8.84. The zero-order valence-electron chi connectivity index (χ0n) is 15.3. The van der Waals surface area contributed by atoms with Crippen molar-refractivity contribution >= 4 is 0 Å². The molecule has 0 spiro atoms. The van der Waals surface area contributed by atoms with Crippen molar-refractivity contribution in [3.05, 3.63) is 59.2 Å². The fourth-order valence-corrected chi connectivity index (χ4v) is 3.78. The Kier molecular flexibility index (Phi) is 4.39. The minimum Gasteiger partial charge on any atom is -0.508 e. The normalized spacial score (nSPS) is 20.4. The maximum absolute atomic E-state index is 11.1. The molecule has 1 aliphatic heterocycles. The van der Waals surface area contributed by atoms with Crippen LogP contribution in [0.4, 0.5) is 0 Å². The van der Waals surface area contributed by atoms with E-state index in [1.54, 1.807) is 0 Å². The number of aliphatic hydroxyl groups excluding tert-OH is 1. The Morgan fingerprint density at radius 3 is 1.77 bits per heavy atom. The molecule has 1 unspecified atom stereocenters. The highest BCUT2D eigenvalue weighted by Crippen LogP contribution is 2.54. The summed E-state index contributed by atoms with van der Waals surface area (Å²) in [5, 5.41) is 81.2. The summed E-state index contributed by atoms with van der Waals surface area (Å²) in [5.74, 6) is -4.38. The lowest BCUT2D eigenvalue weighted by atomic mass is 9.79. The van der Waals surface area contributed by atoms with E-state index in [0.29, 0.717) is 0 Å². The number of hydrogen-bond acceptors (Lipinski definition) is 9. The minimum absolute atomic E-state index is 0.00385. The minimum atomic E-state index is -1.50. The van der Waals surface area contributed by atoms with Gasteiger partial charge in [-0.15, -0.1) is 0 Å². The van der Waals surface area contributed by atoms with E-state index in [2.05, 4.69) is 0 Å². The first-order valence-electron chi connectivity index (χ1n) is 8.84. The van der Waals surface area contributed by atoms with Gasteiger partial charge in [-0.3, -0.25) is 0 Å². The zero-order chi connectivity index (χ0) is 21.7. The number of phenols is 7. The molecule has 3 aromatic carbocycles. The van der Waals surface area contributed by atoms with Gasteiger partial charge in [0.15, 0.2) is 17.6 Å². The van der Waals surface area contributed by atoms with Gasteiger partial charge in [-0.05, 0) is 17.7 Å². The summed E-state index contributed by atoms with van der Waals surface area (Å²) >= 11 is 0. The molecule has 4 rings (SSSR count). The molecule has 0 fully saturated rings. The monoisotopic (exact) mass is 414 g/mol. The van der Waals surface area contributed by atoms with Gasteiger partial charge in [0.2, 0.25) is 0 Å². The Labute approximate surface area is 169 Å². The Morgan fingerprint density at radius 2 is 1.17 bits per heavy atom. The van der Waals surface area contributed by atoms with E-state index in [9.17, 15) is 40.9 Å². The first kappa shape index (κ1) is 19.3. The molecule has 9 heteroatoms. The van der Waals surface area contributed by atoms with E-state index >= 15 is 0 Å². The van der Waals surface area contributed by atoms with Crippen LogP contribution in [0.2, 0.25) is 0 Å². The van der Waals surface area contributed by atoms with Crippen LogP contribution in [-0.4, -0.2) is 47.0 Å². The quantitative estimate of drug-likeness (QED) is 0.293. The summed E-state index contributed by atoms with van der Waals surface area (Å²) in [6.07, 6.45) is -2.68. The van der Waals surface area contributed by atoms with Crippen molar-refractivity contribution < 1.29 is 45.6 Å². The van der Waals surface area contributed by atoms with Gasteiger partial charge in [-0.25, -0.2) is 0 Å². The van der Waals surface area contributed by atoms with Gasteiger partial charge >= 0.3 is 0 Å². The second-order valence-corrected chi connectivity index (χ2v) is 7.03. The fraction of sp³-hybridized carbons (Fsp3) is 0.143. The van der Waals surface area contributed by atoms with Gasteiger partial charge in [0, 0.05) is 35.4 Å². The van der Waals surface area contributed by atoms with Crippen molar-refractivity contribution in [2.24, 2.45) is 0 Å². The van der Waals surface area contributed by atoms with Crippen molar-refractivity contribution in [3.63, 3.8) is 0 Å². The van der Waals surface area contributed by atoms with Crippen LogP contribution in [0, 0.1) is 0 Å². The van der Waals surface area contributed by atoms with Gasteiger partial charge in [-0.2, -0.15) is 0 Å². The van der Waals surface area contributed by atoms with Crippen LogP contribution in [-0.2, 0) is 0 Å². The number of hydrogen-bond donors (Lipinski definition) is 8. The standard InChI is InChI=1S/C21H18O9/c22-9-4-13(26)17(14(27)5-9)19-18-15(28)6-10(23)7-16(18)30-21(20(19)29)8-1-2-11(24)12(25)3-8/h1-7,19-29H/t19?,20-,21+/m0/s1. The zero-order valence-corrected chi connectivity index (χ0v) is 15.3. The summed E-state index contributed by atoms with van der Waals surface area (Å²) < 4.78 is 5.77. The van der Waals surface area contributed by atoms with Crippen LogP contribution >= 0.6 is 0 Å². The summed E-state index contributed by atoms with van der Waals surface area (Å²) in [4.78, 5) is 0. The molecule has 8 N–H and O–H groups in total. The van der Waals surface area contributed by atoms with E-state index in [1.165, 1.54) is 24.3 Å². The van der Waals surface area contributed by atoms with Crippen molar-refractivity contribution in [2.75, 3.05) is 0 Å². The molecular formula is C21H18O9. The molecule has 0 saturated heterocycles. The average molecular weight is 414 g/mol. The smallest absolute Gasteiger partial charge is 0.157 e. The van der Waals surface area contributed by atoms with Crippen LogP contribution in [0.15, 0.2) is 42.5 Å². The maximum atomic E-state index is 11.1. The Balaban J connectivity index is 1.95. The molecule has 0 aromatic heterocycles. The maximum Gasteiger partial charge on any atom is 0.157 e. The fourth-order valence-electron chi connectivity index (χ4n) is 3.78. The molecule has 0 radical (unpaired) electrons. The second kappa shape index (κ2) is 6.82. The van der Waals surface area contributed by atoms with Gasteiger partial charge in [0.1, 0.15) is 40.6 Å². The predicted molar refractivity (Wildman–Crippen MR) is 102 cm³/mol. The molecule has 3 atom stereocenters. The van der Waals surface area contributed by atoms with Crippen LogP contribution in [0.5, 0.6) is 46.0 Å². The number of fused-ring (bicyclic) bond motifs is 1.